The van der Waals surface area contributed by atoms with Crippen LogP contribution in [-0.2, 0) is 11.2 Å². The van der Waals surface area contributed by atoms with Crippen molar-refractivity contribution < 1.29 is 4.79 Å². The number of carbonyl (C=O) groups excluding carboxylic acids is 1. The lowest BCUT2D eigenvalue weighted by atomic mass is 9.99. The van der Waals surface area contributed by atoms with Gasteiger partial charge in [-0.3, -0.25) is 4.79 Å². The van der Waals surface area contributed by atoms with Crippen LogP contribution in [0.1, 0.15) is 28.9 Å². The number of rotatable bonds is 5. The SMILES string of the molecule is Cc1nc2c(c(C)nn2-c2ccccc2)c(C)c1CCC(=O)N1CCN(c2ccccn2)CC1. The van der Waals surface area contributed by atoms with Gasteiger partial charge >= 0.3 is 0 Å². The first-order chi connectivity index (χ1) is 16.5. The summed E-state index contributed by atoms with van der Waals surface area (Å²) in [6.45, 7) is 9.28. The molecule has 1 aromatic carbocycles. The van der Waals surface area contributed by atoms with Crippen LogP contribution in [0.15, 0.2) is 54.7 Å². The number of hydrogen-bond acceptors (Lipinski definition) is 5. The molecule has 1 fully saturated rings. The molecule has 7 nitrogen and oxygen atoms in total. The largest absolute Gasteiger partial charge is 0.353 e. The van der Waals surface area contributed by atoms with E-state index < -0.39 is 0 Å². The molecular weight excluding hydrogens is 424 g/mol. The summed E-state index contributed by atoms with van der Waals surface area (Å²) >= 11 is 0. The third kappa shape index (κ3) is 4.14. The highest BCUT2D eigenvalue weighted by Gasteiger charge is 2.23. The minimum atomic E-state index is 0.205. The zero-order valence-corrected chi connectivity index (χ0v) is 20.0. The summed E-state index contributed by atoms with van der Waals surface area (Å²) < 4.78 is 1.92. The van der Waals surface area contributed by atoms with Gasteiger partial charge < -0.3 is 9.80 Å². The molecule has 3 aromatic heterocycles. The molecule has 7 heteroatoms. The van der Waals surface area contributed by atoms with Crippen LogP contribution in [0, 0.1) is 20.8 Å². The van der Waals surface area contributed by atoms with Gasteiger partial charge in [0.05, 0.1) is 11.4 Å². The third-order valence-electron chi connectivity index (χ3n) is 6.77. The Morgan fingerprint density at radius 3 is 2.35 bits per heavy atom. The van der Waals surface area contributed by atoms with E-state index in [1.807, 2.05) is 78.2 Å². The maximum Gasteiger partial charge on any atom is 0.223 e. The van der Waals surface area contributed by atoms with Gasteiger partial charge in [0.15, 0.2) is 5.65 Å². The first-order valence-electron chi connectivity index (χ1n) is 11.9. The maximum atomic E-state index is 13.0. The van der Waals surface area contributed by atoms with Crippen molar-refractivity contribution >= 4 is 22.8 Å². The lowest BCUT2D eigenvalue weighted by molar-refractivity contribution is -0.131. The van der Waals surface area contributed by atoms with Crippen molar-refractivity contribution in [2.75, 3.05) is 31.1 Å². The Labute approximate surface area is 200 Å². The molecule has 1 aliphatic heterocycles. The number of hydrogen-bond donors (Lipinski definition) is 0. The standard InChI is InChI=1S/C27H30N6O/c1-19-23(12-13-25(34)32-17-15-31(16-18-32)24-11-7-8-14-28-24)20(2)29-27-26(19)21(3)30-33(27)22-9-5-4-6-10-22/h4-11,14H,12-13,15-18H2,1-3H3. The number of carbonyl (C=O) groups is 1. The predicted molar refractivity (Wildman–Crippen MR) is 134 cm³/mol. The van der Waals surface area contributed by atoms with Crippen LogP contribution in [0.4, 0.5) is 5.82 Å². The summed E-state index contributed by atoms with van der Waals surface area (Å²) in [5.41, 5.74) is 6.13. The Balaban J connectivity index is 1.30. The highest BCUT2D eigenvalue weighted by atomic mass is 16.2. The highest BCUT2D eigenvalue weighted by Crippen LogP contribution is 2.28. The number of amides is 1. The van der Waals surface area contributed by atoms with E-state index in [2.05, 4.69) is 16.8 Å². The van der Waals surface area contributed by atoms with Gasteiger partial charge in [0, 0.05) is 49.9 Å². The second-order valence-corrected chi connectivity index (χ2v) is 8.89. The van der Waals surface area contributed by atoms with E-state index in [1.165, 1.54) is 5.56 Å². The Bertz CT molecular complexity index is 1310. The monoisotopic (exact) mass is 454 g/mol. The molecule has 0 bridgehead atoms. The Morgan fingerprint density at radius 2 is 1.65 bits per heavy atom. The normalized spacial score (nSPS) is 14.1. The van der Waals surface area contributed by atoms with Crippen molar-refractivity contribution in [3.8, 4) is 5.69 Å². The Kier molecular flexibility index (Phi) is 6.01. The van der Waals surface area contributed by atoms with Crippen LogP contribution in [0.5, 0.6) is 0 Å². The van der Waals surface area contributed by atoms with Crippen molar-refractivity contribution in [3.63, 3.8) is 0 Å². The molecule has 0 radical (unpaired) electrons. The predicted octanol–water partition coefficient (Wildman–Crippen LogP) is 4.02. The second-order valence-electron chi connectivity index (χ2n) is 8.89. The molecule has 0 aliphatic carbocycles. The van der Waals surface area contributed by atoms with E-state index >= 15 is 0 Å². The minimum Gasteiger partial charge on any atom is -0.353 e. The van der Waals surface area contributed by atoms with Gasteiger partial charge in [-0.2, -0.15) is 5.10 Å². The van der Waals surface area contributed by atoms with E-state index in [0.29, 0.717) is 12.8 Å². The number of para-hydroxylation sites is 1. The average molecular weight is 455 g/mol. The van der Waals surface area contributed by atoms with Crippen molar-refractivity contribution in [2.45, 2.75) is 33.6 Å². The summed E-state index contributed by atoms with van der Waals surface area (Å²) in [7, 11) is 0. The molecule has 174 valence electrons. The number of pyridine rings is 2. The topological polar surface area (TPSA) is 67.2 Å². The molecular formula is C27H30N6O. The Morgan fingerprint density at radius 1 is 0.912 bits per heavy atom. The van der Waals surface area contributed by atoms with Gasteiger partial charge in [-0.15, -0.1) is 0 Å². The maximum absolute atomic E-state index is 13.0. The van der Waals surface area contributed by atoms with E-state index in [1.54, 1.807) is 0 Å². The quantitative estimate of drug-likeness (QED) is 0.456. The summed E-state index contributed by atoms with van der Waals surface area (Å²) in [5.74, 6) is 1.18. The number of fused-ring (bicyclic) bond motifs is 1. The van der Waals surface area contributed by atoms with Crippen LogP contribution >= 0.6 is 0 Å². The van der Waals surface area contributed by atoms with Gasteiger partial charge in [0.2, 0.25) is 5.91 Å². The molecule has 1 aliphatic rings. The highest BCUT2D eigenvalue weighted by molar-refractivity contribution is 5.85. The van der Waals surface area contributed by atoms with Crippen molar-refractivity contribution in [1.82, 2.24) is 24.6 Å². The van der Waals surface area contributed by atoms with Crippen LogP contribution in [0.25, 0.3) is 16.7 Å². The molecule has 4 heterocycles. The molecule has 0 N–H and O–H groups in total. The summed E-state index contributed by atoms with van der Waals surface area (Å²) in [5, 5.41) is 5.86. The molecule has 1 amide bonds. The van der Waals surface area contributed by atoms with E-state index in [9.17, 15) is 4.79 Å². The zero-order valence-electron chi connectivity index (χ0n) is 20.0. The smallest absolute Gasteiger partial charge is 0.223 e. The van der Waals surface area contributed by atoms with Crippen LogP contribution in [0.3, 0.4) is 0 Å². The number of nitrogens with zero attached hydrogens (tertiary/aromatic N) is 6. The summed E-state index contributed by atoms with van der Waals surface area (Å²) in [6.07, 6.45) is 2.99. The minimum absolute atomic E-state index is 0.205. The number of piperazine rings is 1. The molecule has 0 spiro atoms. The van der Waals surface area contributed by atoms with Crippen LogP contribution in [-0.4, -0.2) is 56.7 Å². The molecule has 0 atom stereocenters. The summed E-state index contributed by atoms with van der Waals surface area (Å²) in [4.78, 5) is 26.6. The van der Waals surface area contributed by atoms with Crippen LogP contribution in [0.2, 0.25) is 0 Å². The first-order valence-corrected chi connectivity index (χ1v) is 11.9. The van der Waals surface area contributed by atoms with Crippen molar-refractivity contribution in [1.29, 1.82) is 0 Å². The number of aromatic nitrogens is 4. The lowest BCUT2D eigenvalue weighted by Crippen LogP contribution is -2.49. The first kappa shape index (κ1) is 22.1. The molecule has 4 aromatic rings. The fraction of sp³-hybridized carbons (Fsp3) is 0.333. The van der Waals surface area contributed by atoms with Gasteiger partial charge in [0.1, 0.15) is 5.82 Å². The number of anilines is 1. The number of benzene rings is 1. The fourth-order valence-corrected chi connectivity index (χ4v) is 4.94. The van der Waals surface area contributed by atoms with Gasteiger partial charge in [-0.25, -0.2) is 14.6 Å². The zero-order chi connectivity index (χ0) is 23.7. The molecule has 0 saturated carbocycles. The van der Waals surface area contributed by atoms with E-state index in [4.69, 9.17) is 10.1 Å². The van der Waals surface area contributed by atoms with Crippen molar-refractivity contribution in [3.05, 3.63) is 77.2 Å². The van der Waals surface area contributed by atoms with Gasteiger partial charge in [-0.1, -0.05) is 24.3 Å². The molecule has 34 heavy (non-hydrogen) atoms. The lowest BCUT2D eigenvalue weighted by Gasteiger charge is -2.35. The number of aryl methyl sites for hydroxylation is 3. The van der Waals surface area contributed by atoms with Gasteiger partial charge in [-0.05, 0) is 62.6 Å². The second kappa shape index (κ2) is 9.25. The average Bonchev–Trinajstić information content (AvgIpc) is 3.21. The van der Waals surface area contributed by atoms with E-state index in [0.717, 1.165) is 65.7 Å². The summed E-state index contributed by atoms with van der Waals surface area (Å²) in [6, 6.07) is 16.0. The fourth-order valence-electron chi connectivity index (χ4n) is 4.94. The molecule has 0 unspecified atom stereocenters. The van der Waals surface area contributed by atoms with Crippen molar-refractivity contribution in [2.24, 2.45) is 0 Å². The van der Waals surface area contributed by atoms with E-state index in [-0.39, 0.29) is 5.91 Å². The molecule has 1 saturated heterocycles. The Hall–Kier alpha value is -3.74. The van der Waals surface area contributed by atoms with Crippen LogP contribution < -0.4 is 4.90 Å². The third-order valence-corrected chi connectivity index (χ3v) is 6.77. The molecule has 5 rings (SSSR count). The van der Waals surface area contributed by atoms with Gasteiger partial charge in [0.25, 0.3) is 0 Å².